The molecule has 0 spiro atoms. The van der Waals surface area contributed by atoms with Crippen LogP contribution in [0.5, 0.6) is 0 Å². The van der Waals surface area contributed by atoms with Gasteiger partial charge < -0.3 is 0 Å². The van der Waals surface area contributed by atoms with Gasteiger partial charge in [-0.3, -0.25) is 0 Å². The molecule has 0 nitrogen and oxygen atoms in total. The van der Waals surface area contributed by atoms with Crippen LogP contribution in [0.1, 0.15) is 139 Å². The van der Waals surface area contributed by atoms with E-state index in [1.54, 1.807) is 0 Å². The summed E-state index contributed by atoms with van der Waals surface area (Å²) < 4.78 is 0. The second kappa shape index (κ2) is 21.6. The number of hydrogen-bond donors (Lipinski definition) is 0. The van der Waals surface area contributed by atoms with Crippen LogP contribution >= 0.6 is 0 Å². The first-order valence-electron chi connectivity index (χ1n) is 22.3. The van der Waals surface area contributed by atoms with Gasteiger partial charge in [-0.25, -0.2) is 0 Å². The van der Waals surface area contributed by atoms with Crippen molar-refractivity contribution in [3.63, 3.8) is 0 Å². The van der Waals surface area contributed by atoms with E-state index in [-0.39, 0.29) is 0 Å². The van der Waals surface area contributed by atoms with E-state index < -0.39 is 16.1 Å². The Balaban J connectivity index is 1.26. The fraction of sp³-hybridized carbons (Fsp3) is 0.300. The third kappa shape index (κ3) is 11.6. The van der Waals surface area contributed by atoms with Gasteiger partial charge in [0.1, 0.15) is 16.1 Å². The third-order valence-electron chi connectivity index (χ3n) is 12.5. The number of hydrogen-bond acceptors (Lipinski definition) is 0. The molecule has 0 saturated heterocycles. The maximum Gasteiger partial charge on any atom is 0.146 e. The molecule has 310 valence electrons. The van der Waals surface area contributed by atoms with Crippen molar-refractivity contribution in [3.05, 3.63) is 177 Å². The lowest BCUT2D eigenvalue weighted by Gasteiger charge is -2.38. The molecule has 0 aromatic heterocycles. The molecular formula is C60H62Si2. The smallest absolute Gasteiger partial charge is 0.125 e. The minimum Gasteiger partial charge on any atom is -0.125 e. The molecule has 0 fully saturated rings. The zero-order valence-corrected chi connectivity index (χ0v) is 41.0. The Labute approximate surface area is 377 Å². The van der Waals surface area contributed by atoms with Crippen molar-refractivity contribution in [3.8, 4) is 70.3 Å². The van der Waals surface area contributed by atoms with Crippen molar-refractivity contribution in [1.29, 1.82) is 0 Å². The average molecular weight is 839 g/mol. The highest BCUT2D eigenvalue weighted by atomic mass is 28.3. The largest absolute Gasteiger partial charge is 0.146 e. The van der Waals surface area contributed by atoms with Crippen molar-refractivity contribution in [2.45, 2.75) is 116 Å². The molecule has 0 saturated carbocycles. The summed E-state index contributed by atoms with van der Waals surface area (Å²) in [6, 6.07) is 40.8. The molecule has 0 atom stereocenters. The second-order valence-electron chi connectivity index (χ2n) is 18.1. The third-order valence-corrected chi connectivity index (χ3v) is 25.0. The molecule has 0 radical (unpaired) electrons. The molecule has 5 aromatic carbocycles. The van der Waals surface area contributed by atoms with Crippen LogP contribution in [0, 0.1) is 70.3 Å². The minimum absolute atomic E-state index is 0.608. The predicted molar refractivity (Wildman–Crippen MR) is 272 cm³/mol. The SMILES string of the molecule is CC(C)[Si](C#Cc1ccc(C#Cc2ccccc2C#Cc2ccc(C#Cc3ccccc3C#Cc3ccc(C#C[Si](C(C)C)(C(C)C)C(C)C)cc3)cc2)cc1)(C(C)C)C(C)C. The molecule has 62 heavy (non-hydrogen) atoms. The highest BCUT2D eigenvalue weighted by Gasteiger charge is 2.42. The molecule has 5 rings (SSSR count). The van der Waals surface area contributed by atoms with Gasteiger partial charge in [0.05, 0.1) is 0 Å². The van der Waals surface area contributed by atoms with Crippen molar-refractivity contribution >= 4 is 16.1 Å². The van der Waals surface area contributed by atoms with Gasteiger partial charge in [-0.15, -0.1) is 11.1 Å². The number of benzene rings is 5. The summed E-state index contributed by atoms with van der Waals surface area (Å²) in [5.41, 5.74) is 20.7. The maximum atomic E-state index is 3.82. The summed E-state index contributed by atoms with van der Waals surface area (Å²) in [5, 5.41) is 0. The van der Waals surface area contributed by atoms with Crippen LogP contribution in [0.4, 0.5) is 0 Å². The van der Waals surface area contributed by atoms with E-state index >= 15 is 0 Å². The molecule has 0 aliphatic carbocycles. The van der Waals surface area contributed by atoms with E-state index in [4.69, 9.17) is 0 Å². The van der Waals surface area contributed by atoms with E-state index in [1.165, 1.54) is 0 Å². The van der Waals surface area contributed by atoms with Crippen LogP contribution < -0.4 is 0 Å². The summed E-state index contributed by atoms with van der Waals surface area (Å²) in [6.07, 6.45) is 0. The highest BCUT2D eigenvalue weighted by molar-refractivity contribution is 6.91. The van der Waals surface area contributed by atoms with Crippen LogP contribution in [0.25, 0.3) is 0 Å². The topological polar surface area (TPSA) is 0 Å². The summed E-state index contributed by atoms with van der Waals surface area (Å²) in [6.45, 7) is 28.2. The van der Waals surface area contributed by atoms with E-state index in [0.717, 1.165) is 55.6 Å². The van der Waals surface area contributed by atoms with E-state index in [9.17, 15) is 0 Å². The van der Waals surface area contributed by atoms with Crippen LogP contribution in [-0.2, 0) is 0 Å². The molecule has 2 heteroatoms. The van der Waals surface area contributed by atoms with Crippen LogP contribution in [0.3, 0.4) is 0 Å². The zero-order valence-electron chi connectivity index (χ0n) is 39.0. The first-order chi connectivity index (χ1) is 29.6. The molecule has 0 unspecified atom stereocenters. The monoisotopic (exact) mass is 838 g/mol. The summed E-state index contributed by atoms with van der Waals surface area (Å²) in [4.78, 5) is 0. The second-order valence-corrected chi connectivity index (χ2v) is 29.3. The Bertz CT molecular complexity index is 2470. The van der Waals surface area contributed by atoms with Gasteiger partial charge in [0.25, 0.3) is 0 Å². The van der Waals surface area contributed by atoms with Gasteiger partial charge in [-0.05, 0) is 130 Å². The molecule has 0 N–H and O–H groups in total. The maximum absolute atomic E-state index is 3.82. The first kappa shape index (κ1) is 47.0. The fourth-order valence-electron chi connectivity index (χ4n) is 9.10. The standard InChI is InChI=1S/C60H62Si2/c1-45(2)61(46(3)4,47(5)6)43-41-55-29-25-53(26-30-55)35-39-59-19-15-13-17-57(59)37-33-51-21-23-52(24-22-51)34-38-58-18-14-16-20-60(58)40-36-54-27-31-56(32-28-54)42-44-62(48(7)8,49(9)10)50(11)12/h13-32,45-50H,1-12H3. The lowest BCUT2D eigenvalue weighted by atomic mass is 10.1. The summed E-state index contributed by atoms with van der Waals surface area (Å²) >= 11 is 0. The Kier molecular flexibility index (Phi) is 16.4. The van der Waals surface area contributed by atoms with Crippen LogP contribution in [-0.4, -0.2) is 16.1 Å². The Morgan fingerprint density at radius 2 is 0.419 bits per heavy atom. The lowest BCUT2D eigenvalue weighted by Crippen LogP contribution is -2.43. The lowest BCUT2D eigenvalue weighted by molar-refractivity contribution is 0.838. The van der Waals surface area contributed by atoms with Gasteiger partial charge in [0.15, 0.2) is 0 Å². The van der Waals surface area contributed by atoms with Gasteiger partial charge >= 0.3 is 0 Å². The molecule has 0 amide bonds. The van der Waals surface area contributed by atoms with Gasteiger partial charge in [-0.1, -0.05) is 167 Å². The Morgan fingerprint density at radius 1 is 0.242 bits per heavy atom. The molecule has 5 aromatic rings. The Morgan fingerprint density at radius 3 is 0.597 bits per heavy atom. The highest BCUT2D eigenvalue weighted by Crippen LogP contribution is 2.42. The van der Waals surface area contributed by atoms with Gasteiger partial charge in [-0.2, -0.15) is 0 Å². The fourth-order valence-corrected chi connectivity index (χ4v) is 19.6. The zero-order chi connectivity index (χ0) is 44.9. The quantitative estimate of drug-likeness (QED) is 0.118. The first-order valence-corrected chi connectivity index (χ1v) is 26.7. The molecular weight excluding hydrogens is 777 g/mol. The predicted octanol–water partition coefficient (Wildman–Crippen LogP) is 14.4. The molecule has 0 heterocycles. The summed E-state index contributed by atoms with van der Waals surface area (Å²) in [5.74, 6) is 33.8. The van der Waals surface area contributed by atoms with E-state index in [1.807, 2.05) is 72.8 Å². The number of rotatable bonds is 6. The molecule has 0 aliphatic rings. The van der Waals surface area contributed by atoms with Crippen molar-refractivity contribution < 1.29 is 0 Å². The van der Waals surface area contributed by atoms with Gasteiger partial charge in [0, 0.05) is 55.6 Å². The van der Waals surface area contributed by atoms with E-state index in [2.05, 4.69) is 202 Å². The average Bonchev–Trinajstić information content (AvgIpc) is 3.25. The normalized spacial score (nSPS) is 11.0. The van der Waals surface area contributed by atoms with E-state index in [0.29, 0.717) is 33.2 Å². The van der Waals surface area contributed by atoms with Gasteiger partial charge in [0.2, 0.25) is 0 Å². The summed E-state index contributed by atoms with van der Waals surface area (Å²) in [7, 11) is -3.56. The van der Waals surface area contributed by atoms with Crippen molar-refractivity contribution in [2.75, 3.05) is 0 Å². The van der Waals surface area contributed by atoms with Crippen LogP contribution in [0.15, 0.2) is 121 Å². The molecule has 0 bridgehead atoms. The van der Waals surface area contributed by atoms with Crippen molar-refractivity contribution in [1.82, 2.24) is 0 Å². The van der Waals surface area contributed by atoms with Crippen molar-refractivity contribution in [2.24, 2.45) is 0 Å². The molecule has 0 aliphatic heterocycles. The van der Waals surface area contributed by atoms with Crippen LogP contribution in [0.2, 0.25) is 33.2 Å². The minimum atomic E-state index is -1.78. The Hall–Kier alpha value is -6.11.